The predicted molar refractivity (Wildman–Crippen MR) is 87.5 cm³/mol. The number of nitrogens with zero attached hydrogens (tertiary/aromatic N) is 2. The number of benzene rings is 2. The number of hydrogen-bond acceptors (Lipinski definition) is 5. The van der Waals surface area contributed by atoms with Gasteiger partial charge in [0.05, 0.1) is 29.5 Å². The van der Waals surface area contributed by atoms with E-state index in [1.807, 2.05) is 0 Å². The van der Waals surface area contributed by atoms with E-state index in [0.29, 0.717) is 11.4 Å². The highest BCUT2D eigenvalue weighted by Crippen LogP contribution is 2.24. The van der Waals surface area contributed by atoms with E-state index in [0.717, 1.165) is 16.8 Å². The number of rotatable bonds is 4. The molecule has 120 valence electrons. The van der Waals surface area contributed by atoms with Crippen LogP contribution >= 0.6 is 0 Å². The second kappa shape index (κ2) is 6.33. The van der Waals surface area contributed by atoms with Crippen molar-refractivity contribution in [2.24, 2.45) is 0 Å². The highest BCUT2D eigenvalue weighted by Gasteiger charge is 2.10. The summed E-state index contributed by atoms with van der Waals surface area (Å²) in [5.74, 6) is 0.217. The third-order valence-electron chi connectivity index (χ3n) is 3.54. The summed E-state index contributed by atoms with van der Waals surface area (Å²) in [6.07, 6.45) is 1.67. The minimum Gasteiger partial charge on any atom is -0.465 e. The number of methoxy groups -OCH3 is 1. The Morgan fingerprint density at radius 2 is 1.71 bits per heavy atom. The van der Waals surface area contributed by atoms with Crippen LogP contribution < -0.4 is 0 Å². The molecule has 7 nitrogen and oxygen atoms in total. The van der Waals surface area contributed by atoms with Crippen molar-refractivity contribution in [3.05, 3.63) is 70.4 Å². The van der Waals surface area contributed by atoms with E-state index in [1.165, 1.54) is 19.2 Å². The molecule has 0 aliphatic rings. The van der Waals surface area contributed by atoms with Gasteiger partial charge in [-0.05, 0) is 29.8 Å². The molecule has 24 heavy (non-hydrogen) atoms. The van der Waals surface area contributed by atoms with Crippen molar-refractivity contribution in [3.8, 4) is 22.6 Å². The highest BCUT2D eigenvalue weighted by atomic mass is 16.6. The Labute approximate surface area is 137 Å². The van der Waals surface area contributed by atoms with Crippen LogP contribution in [0.4, 0.5) is 5.69 Å². The number of non-ortho nitro benzene ring substituents is 1. The van der Waals surface area contributed by atoms with Crippen molar-refractivity contribution in [2.45, 2.75) is 0 Å². The molecular weight excluding hydrogens is 310 g/mol. The van der Waals surface area contributed by atoms with Crippen molar-refractivity contribution in [1.29, 1.82) is 0 Å². The van der Waals surface area contributed by atoms with E-state index in [4.69, 9.17) is 0 Å². The fourth-order valence-corrected chi connectivity index (χ4v) is 2.26. The number of nitro groups is 1. The van der Waals surface area contributed by atoms with Crippen LogP contribution in [0.2, 0.25) is 0 Å². The van der Waals surface area contributed by atoms with Crippen LogP contribution in [0.5, 0.6) is 0 Å². The molecule has 3 aromatic rings. The molecule has 3 rings (SSSR count). The molecule has 2 aromatic carbocycles. The minimum absolute atomic E-state index is 0.0314. The summed E-state index contributed by atoms with van der Waals surface area (Å²) in [7, 11) is 1.33. The Morgan fingerprint density at radius 3 is 2.29 bits per heavy atom. The minimum atomic E-state index is -0.444. The fraction of sp³-hybridized carbons (Fsp3) is 0.0588. The average molecular weight is 323 g/mol. The summed E-state index contributed by atoms with van der Waals surface area (Å²) in [6, 6.07) is 13.1. The zero-order valence-electron chi connectivity index (χ0n) is 12.7. The van der Waals surface area contributed by atoms with E-state index in [1.54, 1.807) is 42.6 Å². The summed E-state index contributed by atoms with van der Waals surface area (Å²) in [5, 5.41) is 10.7. The molecule has 0 spiro atoms. The summed E-state index contributed by atoms with van der Waals surface area (Å²) in [6.45, 7) is 0. The van der Waals surface area contributed by atoms with E-state index in [-0.39, 0.29) is 5.69 Å². The first-order valence-electron chi connectivity index (χ1n) is 7.07. The van der Waals surface area contributed by atoms with Crippen LogP contribution in [0, 0.1) is 10.1 Å². The molecule has 0 fully saturated rings. The summed E-state index contributed by atoms with van der Waals surface area (Å²) < 4.78 is 4.66. The number of aromatic amines is 1. The zero-order chi connectivity index (χ0) is 17.1. The van der Waals surface area contributed by atoms with E-state index < -0.39 is 10.9 Å². The first kappa shape index (κ1) is 15.4. The number of nitrogens with one attached hydrogen (secondary N) is 1. The third kappa shape index (κ3) is 3.00. The number of carbonyl (C=O) groups is 1. The van der Waals surface area contributed by atoms with Gasteiger partial charge in [-0.3, -0.25) is 10.1 Å². The lowest BCUT2D eigenvalue weighted by Crippen LogP contribution is -2.00. The highest BCUT2D eigenvalue weighted by molar-refractivity contribution is 5.89. The molecule has 1 N–H and O–H groups in total. The van der Waals surface area contributed by atoms with Crippen molar-refractivity contribution >= 4 is 11.7 Å². The van der Waals surface area contributed by atoms with Crippen LogP contribution in [0.3, 0.4) is 0 Å². The van der Waals surface area contributed by atoms with Crippen molar-refractivity contribution < 1.29 is 14.5 Å². The molecule has 0 saturated carbocycles. The van der Waals surface area contributed by atoms with Crippen LogP contribution in [0.25, 0.3) is 22.6 Å². The van der Waals surface area contributed by atoms with E-state index >= 15 is 0 Å². The normalized spacial score (nSPS) is 10.4. The van der Waals surface area contributed by atoms with Crippen LogP contribution in [-0.4, -0.2) is 28.0 Å². The lowest BCUT2D eigenvalue weighted by molar-refractivity contribution is -0.384. The molecule has 0 amide bonds. The molecule has 0 unspecified atom stereocenters. The van der Waals surface area contributed by atoms with Gasteiger partial charge in [0.15, 0.2) is 0 Å². The number of carbonyl (C=O) groups excluding carboxylic acids is 1. The molecule has 0 aliphatic carbocycles. The van der Waals surface area contributed by atoms with Gasteiger partial charge in [0.2, 0.25) is 0 Å². The Morgan fingerprint density at radius 1 is 1.08 bits per heavy atom. The molecule has 0 saturated heterocycles. The van der Waals surface area contributed by atoms with Gasteiger partial charge < -0.3 is 9.72 Å². The standard InChI is InChI=1S/C17H13N3O4/c1-24-17(21)13-4-2-11(3-5-13)15-10-18-16(19-15)12-6-8-14(9-7-12)20(22)23/h2-10H,1H3,(H,18,19). The second-order valence-electron chi connectivity index (χ2n) is 5.02. The molecule has 0 radical (unpaired) electrons. The Hall–Kier alpha value is -3.48. The molecular formula is C17H13N3O4. The Balaban J connectivity index is 1.85. The fourth-order valence-electron chi connectivity index (χ4n) is 2.26. The average Bonchev–Trinajstić information content (AvgIpc) is 3.11. The molecule has 0 aliphatic heterocycles. The predicted octanol–water partition coefficient (Wildman–Crippen LogP) is 3.44. The Bertz CT molecular complexity index is 883. The number of imidazole rings is 1. The van der Waals surface area contributed by atoms with Crippen LogP contribution in [0.1, 0.15) is 10.4 Å². The van der Waals surface area contributed by atoms with Gasteiger partial charge in [-0.2, -0.15) is 0 Å². The van der Waals surface area contributed by atoms with Gasteiger partial charge in [-0.1, -0.05) is 12.1 Å². The number of ether oxygens (including phenoxy) is 1. The summed E-state index contributed by atoms with van der Waals surface area (Å²) >= 11 is 0. The van der Waals surface area contributed by atoms with Crippen LogP contribution in [-0.2, 0) is 4.74 Å². The first-order valence-corrected chi connectivity index (χ1v) is 7.07. The van der Waals surface area contributed by atoms with Crippen molar-refractivity contribution in [2.75, 3.05) is 7.11 Å². The van der Waals surface area contributed by atoms with Gasteiger partial charge in [-0.25, -0.2) is 9.78 Å². The van der Waals surface area contributed by atoms with Crippen molar-refractivity contribution in [1.82, 2.24) is 9.97 Å². The largest absolute Gasteiger partial charge is 0.465 e. The van der Waals surface area contributed by atoms with Crippen LogP contribution in [0.15, 0.2) is 54.7 Å². The molecule has 7 heteroatoms. The maximum atomic E-state index is 11.4. The number of hydrogen-bond donors (Lipinski definition) is 1. The quantitative estimate of drug-likeness (QED) is 0.450. The van der Waals surface area contributed by atoms with Gasteiger partial charge in [0.1, 0.15) is 5.82 Å². The topological polar surface area (TPSA) is 98.1 Å². The van der Waals surface area contributed by atoms with E-state index in [2.05, 4.69) is 14.7 Å². The maximum Gasteiger partial charge on any atom is 0.337 e. The van der Waals surface area contributed by atoms with E-state index in [9.17, 15) is 14.9 Å². The van der Waals surface area contributed by atoms with Gasteiger partial charge in [-0.15, -0.1) is 0 Å². The monoisotopic (exact) mass is 323 g/mol. The number of nitro benzene ring substituents is 1. The molecule has 0 bridgehead atoms. The van der Waals surface area contributed by atoms with Gasteiger partial charge in [0.25, 0.3) is 5.69 Å². The van der Waals surface area contributed by atoms with Gasteiger partial charge >= 0.3 is 5.97 Å². The third-order valence-corrected chi connectivity index (χ3v) is 3.54. The molecule has 0 atom stereocenters. The lowest BCUT2D eigenvalue weighted by atomic mass is 10.1. The SMILES string of the molecule is COC(=O)c1ccc(-c2cnc(-c3ccc([N+](=O)[O-])cc3)[nH]2)cc1. The smallest absolute Gasteiger partial charge is 0.337 e. The number of H-pyrrole nitrogens is 1. The first-order chi connectivity index (χ1) is 11.6. The van der Waals surface area contributed by atoms with Gasteiger partial charge in [0, 0.05) is 17.7 Å². The number of esters is 1. The summed E-state index contributed by atoms with van der Waals surface area (Å²) in [4.78, 5) is 29.1. The van der Waals surface area contributed by atoms with Crippen molar-refractivity contribution in [3.63, 3.8) is 0 Å². The zero-order valence-corrected chi connectivity index (χ0v) is 12.7. The number of aromatic nitrogens is 2. The second-order valence-corrected chi connectivity index (χ2v) is 5.02. The lowest BCUT2D eigenvalue weighted by Gasteiger charge is -2.01. The maximum absolute atomic E-state index is 11.4. The Kier molecular flexibility index (Phi) is 4.07. The molecule has 1 heterocycles. The molecule has 1 aromatic heterocycles. The summed E-state index contributed by atoms with van der Waals surface area (Å²) in [5.41, 5.74) is 2.89.